The van der Waals surface area contributed by atoms with E-state index in [-0.39, 0.29) is 6.42 Å². The summed E-state index contributed by atoms with van der Waals surface area (Å²) in [5.74, 6) is -1.73. The van der Waals surface area contributed by atoms with E-state index in [1.807, 2.05) is 0 Å². The summed E-state index contributed by atoms with van der Waals surface area (Å²) in [7, 11) is 1.23. The van der Waals surface area contributed by atoms with Gasteiger partial charge in [0.25, 0.3) is 0 Å². The number of nitrogens with zero attached hydrogens (tertiary/aromatic N) is 1. The lowest BCUT2D eigenvalue weighted by Crippen LogP contribution is -2.25. The second kappa shape index (κ2) is 5.03. The van der Waals surface area contributed by atoms with E-state index in [2.05, 4.69) is 4.74 Å². The van der Waals surface area contributed by atoms with Crippen molar-refractivity contribution in [1.29, 1.82) is 0 Å². The maximum atomic E-state index is 11.2. The molecule has 0 bridgehead atoms. The van der Waals surface area contributed by atoms with Crippen molar-refractivity contribution in [1.82, 2.24) is 0 Å². The predicted octanol–water partition coefficient (Wildman–Crippen LogP) is 1.07. The van der Waals surface area contributed by atoms with Crippen molar-refractivity contribution in [3.63, 3.8) is 0 Å². The zero-order chi connectivity index (χ0) is 13.1. The van der Waals surface area contributed by atoms with E-state index in [9.17, 15) is 14.9 Å². The van der Waals surface area contributed by atoms with E-state index in [1.165, 1.54) is 13.4 Å². The molecule has 0 radical (unpaired) electrons. The summed E-state index contributed by atoms with van der Waals surface area (Å²) in [4.78, 5) is 21.2. The van der Waals surface area contributed by atoms with Gasteiger partial charge in [0.2, 0.25) is 12.3 Å². The molecule has 1 aliphatic rings. The quantitative estimate of drug-likeness (QED) is 0.409. The molecular weight excluding hydrogens is 230 g/mol. The minimum atomic E-state index is -0.847. The number of ether oxygens (including phenoxy) is 3. The van der Waals surface area contributed by atoms with Crippen LogP contribution in [-0.2, 0) is 19.0 Å². The molecule has 7 heteroatoms. The fourth-order valence-electron chi connectivity index (χ4n) is 1.43. The number of methoxy groups -OCH3 is 1. The van der Waals surface area contributed by atoms with Gasteiger partial charge in [-0.15, -0.1) is 0 Å². The SMILES string of the molecule is COC(=O)CC(C[N+](=O)[O-])C1=COC(C)(C)O1. The molecule has 0 aliphatic carbocycles. The Morgan fingerprint density at radius 3 is 2.71 bits per heavy atom. The van der Waals surface area contributed by atoms with Crippen LogP contribution in [0.25, 0.3) is 0 Å². The molecule has 17 heavy (non-hydrogen) atoms. The zero-order valence-corrected chi connectivity index (χ0v) is 9.97. The normalized spacial score (nSPS) is 18.6. The molecule has 1 atom stereocenters. The molecule has 7 nitrogen and oxygen atoms in total. The monoisotopic (exact) mass is 245 g/mol. The summed E-state index contributed by atoms with van der Waals surface area (Å²) in [6.07, 6.45) is 1.21. The lowest BCUT2D eigenvalue weighted by atomic mass is 10.0. The smallest absolute Gasteiger partial charge is 0.306 e. The highest BCUT2D eigenvalue weighted by atomic mass is 16.7. The van der Waals surface area contributed by atoms with Crippen molar-refractivity contribution in [2.24, 2.45) is 5.92 Å². The molecular formula is C10H15NO6. The Hall–Kier alpha value is -1.79. The van der Waals surface area contributed by atoms with Crippen LogP contribution in [0.5, 0.6) is 0 Å². The summed E-state index contributed by atoms with van der Waals surface area (Å²) in [5, 5.41) is 10.5. The topological polar surface area (TPSA) is 87.9 Å². The van der Waals surface area contributed by atoms with Gasteiger partial charge in [-0.05, 0) is 0 Å². The third-order valence-corrected chi connectivity index (χ3v) is 2.24. The van der Waals surface area contributed by atoms with Crippen LogP contribution >= 0.6 is 0 Å². The molecule has 0 fully saturated rings. The van der Waals surface area contributed by atoms with Crippen molar-refractivity contribution >= 4 is 5.97 Å². The molecule has 96 valence electrons. The summed E-state index contributed by atoms with van der Waals surface area (Å²) in [6, 6.07) is 0. The highest BCUT2D eigenvalue weighted by Gasteiger charge is 2.35. The molecule has 1 aliphatic heterocycles. The van der Waals surface area contributed by atoms with E-state index in [4.69, 9.17) is 9.47 Å². The highest BCUT2D eigenvalue weighted by Crippen LogP contribution is 2.30. The number of carbonyl (C=O) groups is 1. The van der Waals surface area contributed by atoms with Crippen molar-refractivity contribution in [3.05, 3.63) is 22.1 Å². The number of hydrogen-bond donors (Lipinski definition) is 0. The van der Waals surface area contributed by atoms with Gasteiger partial charge in [0, 0.05) is 18.8 Å². The Balaban J connectivity index is 2.70. The number of hydrogen-bond acceptors (Lipinski definition) is 6. The molecule has 1 unspecified atom stereocenters. The molecule has 1 rings (SSSR count). The first kappa shape index (κ1) is 13.3. The second-order valence-corrected chi connectivity index (χ2v) is 4.13. The number of esters is 1. The number of nitro groups is 1. The van der Waals surface area contributed by atoms with E-state index in [0.717, 1.165) is 0 Å². The van der Waals surface area contributed by atoms with Crippen LogP contribution in [0.15, 0.2) is 12.0 Å². The molecule has 0 saturated heterocycles. The zero-order valence-electron chi connectivity index (χ0n) is 9.97. The molecule has 1 heterocycles. The fraction of sp³-hybridized carbons (Fsp3) is 0.700. The third-order valence-electron chi connectivity index (χ3n) is 2.24. The molecule has 0 N–H and O–H groups in total. The first-order valence-corrected chi connectivity index (χ1v) is 5.09. The summed E-state index contributed by atoms with van der Waals surface area (Å²) < 4.78 is 15.0. The predicted molar refractivity (Wildman–Crippen MR) is 56.3 cm³/mol. The standard InChI is InChI=1S/C10H15NO6/c1-10(2)16-6-8(17-10)7(5-11(13)14)4-9(12)15-3/h6-7H,4-5H2,1-3H3. The number of carbonyl (C=O) groups excluding carboxylic acids is 1. The molecule has 0 saturated carbocycles. The Labute approximate surface area is 98.5 Å². The van der Waals surface area contributed by atoms with Crippen LogP contribution in [0.3, 0.4) is 0 Å². The van der Waals surface area contributed by atoms with Gasteiger partial charge in [-0.25, -0.2) is 0 Å². The average molecular weight is 245 g/mol. The third kappa shape index (κ3) is 3.93. The maximum Gasteiger partial charge on any atom is 0.306 e. The summed E-state index contributed by atoms with van der Waals surface area (Å²) in [5.41, 5.74) is 0. The van der Waals surface area contributed by atoms with Crippen molar-refractivity contribution in [3.8, 4) is 0 Å². The Kier molecular flexibility index (Phi) is 3.93. The van der Waals surface area contributed by atoms with E-state index >= 15 is 0 Å². The van der Waals surface area contributed by atoms with E-state index in [0.29, 0.717) is 5.76 Å². The molecule has 0 amide bonds. The van der Waals surface area contributed by atoms with Gasteiger partial charge in [0.1, 0.15) is 12.0 Å². The van der Waals surface area contributed by atoms with Crippen LogP contribution in [0.1, 0.15) is 20.3 Å². The first-order chi connectivity index (χ1) is 7.84. The lowest BCUT2D eigenvalue weighted by Gasteiger charge is -2.20. The number of rotatable bonds is 5. The largest absolute Gasteiger partial charge is 0.469 e. The Morgan fingerprint density at radius 1 is 1.65 bits per heavy atom. The Bertz CT molecular complexity index is 349. The average Bonchev–Trinajstić information content (AvgIpc) is 2.57. The van der Waals surface area contributed by atoms with Gasteiger partial charge in [-0.2, -0.15) is 0 Å². The highest BCUT2D eigenvalue weighted by molar-refractivity contribution is 5.69. The minimum Gasteiger partial charge on any atom is -0.469 e. The molecule has 0 aromatic rings. The van der Waals surface area contributed by atoms with Crippen LogP contribution in [-0.4, -0.2) is 30.3 Å². The van der Waals surface area contributed by atoms with Gasteiger partial charge in [0.15, 0.2) is 0 Å². The van der Waals surface area contributed by atoms with Crippen LogP contribution in [0, 0.1) is 16.0 Å². The fourth-order valence-corrected chi connectivity index (χ4v) is 1.43. The van der Waals surface area contributed by atoms with Gasteiger partial charge >= 0.3 is 5.97 Å². The molecule has 0 spiro atoms. The van der Waals surface area contributed by atoms with Crippen LogP contribution in [0.4, 0.5) is 0 Å². The van der Waals surface area contributed by atoms with Gasteiger partial charge < -0.3 is 14.2 Å². The molecule has 0 aromatic heterocycles. The lowest BCUT2D eigenvalue weighted by molar-refractivity contribution is -0.487. The van der Waals surface area contributed by atoms with Crippen molar-refractivity contribution in [2.45, 2.75) is 26.1 Å². The van der Waals surface area contributed by atoms with Gasteiger partial charge in [-0.3, -0.25) is 14.9 Å². The van der Waals surface area contributed by atoms with E-state index in [1.54, 1.807) is 13.8 Å². The second-order valence-electron chi connectivity index (χ2n) is 4.13. The maximum absolute atomic E-state index is 11.2. The first-order valence-electron chi connectivity index (χ1n) is 5.09. The van der Waals surface area contributed by atoms with E-state index < -0.39 is 29.1 Å². The van der Waals surface area contributed by atoms with Crippen LogP contribution in [0.2, 0.25) is 0 Å². The minimum absolute atomic E-state index is 0.108. The summed E-state index contributed by atoms with van der Waals surface area (Å²) in [6.45, 7) is 2.95. The van der Waals surface area contributed by atoms with Gasteiger partial charge in [0.05, 0.1) is 19.4 Å². The van der Waals surface area contributed by atoms with Crippen molar-refractivity contribution in [2.75, 3.05) is 13.7 Å². The summed E-state index contributed by atoms with van der Waals surface area (Å²) >= 11 is 0. The van der Waals surface area contributed by atoms with Gasteiger partial charge in [-0.1, -0.05) is 0 Å². The van der Waals surface area contributed by atoms with Crippen molar-refractivity contribution < 1.29 is 23.9 Å². The Morgan fingerprint density at radius 2 is 2.29 bits per heavy atom. The molecule has 0 aromatic carbocycles. The van der Waals surface area contributed by atoms with Crippen LogP contribution < -0.4 is 0 Å².